The third kappa shape index (κ3) is 2.50. The lowest BCUT2D eigenvalue weighted by atomic mass is 10.3. The van der Waals surface area contributed by atoms with E-state index in [4.69, 9.17) is 0 Å². The highest BCUT2D eigenvalue weighted by atomic mass is 19.4. The maximum Gasteiger partial charge on any atom is 0.573 e. The van der Waals surface area contributed by atoms with E-state index in [-0.39, 0.29) is 5.69 Å². The first kappa shape index (κ1) is 9.63. The number of aromatic nitrogens is 1. The highest BCUT2D eigenvalue weighted by Gasteiger charge is 2.32. The van der Waals surface area contributed by atoms with Crippen molar-refractivity contribution in [2.75, 3.05) is 0 Å². The first-order chi connectivity index (χ1) is 5.90. The first-order valence-corrected chi connectivity index (χ1v) is 3.34. The Morgan fingerprint density at radius 1 is 1.46 bits per heavy atom. The van der Waals surface area contributed by atoms with Gasteiger partial charge in [0, 0.05) is 12.3 Å². The van der Waals surface area contributed by atoms with Gasteiger partial charge in [0.25, 0.3) is 0 Å². The van der Waals surface area contributed by atoms with Crippen molar-refractivity contribution >= 4 is 0 Å². The predicted molar refractivity (Wildman–Crippen MR) is 38.5 cm³/mol. The van der Waals surface area contributed by atoms with Crippen LogP contribution in [0.3, 0.4) is 0 Å². The zero-order valence-electron chi connectivity index (χ0n) is 6.61. The molecule has 0 saturated carbocycles. The number of alkyl halides is 3. The number of rotatable bonds is 1. The Morgan fingerprint density at radius 2 is 2.08 bits per heavy atom. The Labute approximate surface area is 71.2 Å². The number of aromatic amines is 1. The topological polar surface area (TPSA) is 42.1 Å². The molecule has 0 bridgehead atoms. The minimum Gasteiger partial charge on any atom is -0.400 e. The number of hydrogen-bond acceptors (Lipinski definition) is 2. The van der Waals surface area contributed by atoms with Crippen LogP contribution in [0.1, 0.15) is 5.69 Å². The first-order valence-electron chi connectivity index (χ1n) is 3.34. The fourth-order valence-electron chi connectivity index (χ4n) is 0.811. The van der Waals surface area contributed by atoms with Gasteiger partial charge in [-0.2, -0.15) is 0 Å². The summed E-state index contributed by atoms with van der Waals surface area (Å²) in [5.74, 6) is -0.713. The van der Waals surface area contributed by atoms with Gasteiger partial charge >= 0.3 is 6.36 Å². The molecule has 0 spiro atoms. The van der Waals surface area contributed by atoms with Gasteiger partial charge in [-0.3, -0.25) is 4.79 Å². The average molecular weight is 193 g/mol. The second kappa shape index (κ2) is 3.12. The summed E-state index contributed by atoms with van der Waals surface area (Å²) in [6.45, 7) is 1.32. The Kier molecular flexibility index (Phi) is 2.31. The van der Waals surface area contributed by atoms with Crippen LogP contribution in [-0.4, -0.2) is 11.3 Å². The van der Waals surface area contributed by atoms with Gasteiger partial charge in [0.15, 0.2) is 5.75 Å². The van der Waals surface area contributed by atoms with Crippen molar-refractivity contribution in [1.29, 1.82) is 0 Å². The van der Waals surface area contributed by atoms with Crippen molar-refractivity contribution in [2.45, 2.75) is 13.3 Å². The van der Waals surface area contributed by atoms with Crippen LogP contribution in [0.15, 0.2) is 17.1 Å². The maximum atomic E-state index is 11.7. The number of pyridine rings is 1. The highest BCUT2D eigenvalue weighted by molar-refractivity contribution is 5.25. The van der Waals surface area contributed by atoms with E-state index < -0.39 is 17.5 Å². The van der Waals surface area contributed by atoms with Gasteiger partial charge in [0.1, 0.15) is 0 Å². The minimum atomic E-state index is -4.83. The van der Waals surface area contributed by atoms with Crippen LogP contribution in [0.5, 0.6) is 5.75 Å². The maximum absolute atomic E-state index is 11.7. The van der Waals surface area contributed by atoms with Crippen molar-refractivity contribution in [2.24, 2.45) is 0 Å². The Bertz CT molecular complexity index is 355. The summed E-state index contributed by atoms with van der Waals surface area (Å²) in [7, 11) is 0. The second-order valence-corrected chi connectivity index (χ2v) is 2.34. The van der Waals surface area contributed by atoms with Gasteiger partial charge < -0.3 is 9.72 Å². The minimum absolute atomic E-state index is 0.0461. The van der Waals surface area contributed by atoms with Gasteiger partial charge in [-0.15, -0.1) is 13.2 Å². The van der Waals surface area contributed by atoms with Crippen molar-refractivity contribution in [3.63, 3.8) is 0 Å². The molecule has 0 saturated heterocycles. The molecule has 72 valence electrons. The van der Waals surface area contributed by atoms with E-state index >= 15 is 0 Å². The largest absolute Gasteiger partial charge is 0.573 e. The molecule has 0 unspecified atom stereocenters. The monoisotopic (exact) mass is 193 g/mol. The predicted octanol–water partition coefficient (Wildman–Crippen LogP) is 1.58. The average Bonchev–Trinajstić information content (AvgIpc) is 1.95. The molecule has 0 atom stereocenters. The lowest BCUT2D eigenvalue weighted by Gasteiger charge is -2.09. The van der Waals surface area contributed by atoms with E-state index in [9.17, 15) is 18.0 Å². The molecular weight excluding hydrogens is 187 g/mol. The number of aryl methyl sites for hydroxylation is 1. The third-order valence-electron chi connectivity index (χ3n) is 1.32. The molecule has 1 aromatic rings. The lowest BCUT2D eigenvalue weighted by molar-refractivity contribution is -0.275. The van der Waals surface area contributed by atoms with Crippen molar-refractivity contribution < 1.29 is 17.9 Å². The zero-order chi connectivity index (χ0) is 10.1. The molecule has 1 rings (SSSR count). The number of H-pyrrole nitrogens is 1. The highest BCUT2D eigenvalue weighted by Crippen LogP contribution is 2.20. The molecule has 0 amide bonds. The molecule has 1 heterocycles. The number of ether oxygens (including phenoxy) is 1. The third-order valence-corrected chi connectivity index (χ3v) is 1.32. The molecule has 13 heavy (non-hydrogen) atoms. The molecule has 6 heteroatoms. The van der Waals surface area contributed by atoms with Crippen LogP contribution >= 0.6 is 0 Å². The van der Waals surface area contributed by atoms with Crippen LogP contribution in [0.4, 0.5) is 13.2 Å². The van der Waals surface area contributed by atoms with Crippen LogP contribution < -0.4 is 10.2 Å². The molecule has 0 radical (unpaired) electrons. The normalized spacial score (nSPS) is 11.4. The van der Waals surface area contributed by atoms with Crippen molar-refractivity contribution in [3.05, 3.63) is 28.2 Å². The van der Waals surface area contributed by atoms with E-state index in [0.29, 0.717) is 0 Å². The number of hydrogen-bond donors (Lipinski definition) is 1. The van der Waals surface area contributed by atoms with Gasteiger partial charge in [0.2, 0.25) is 5.43 Å². The molecule has 0 aromatic carbocycles. The molecule has 0 aliphatic heterocycles. The smallest absolute Gasteiger partial charge is 0.400 e. The molecule has 0 fully saturated rings. The van der Waals surface area contributed by atoms with E-state index in [0.717, 1.165) is 6.07 Å². The van der Waals surface area contributed by atoms with E-state index in [2.05, 4.69) is 9.72 Å². The summed E-state index contributed by atoms with van der Waals surface area (Å²) in [4.78, 5) is 13.3. The van der Waals surface area contributed by atoms with Crippen LogP contribution in [0.25, 0.3) is 0 Å². The fraction of sp³-hybridized carbons (Fsp3) is 0.286. The van der Waals surface area contributed by atoms with Gasteiger partial charge in [-0.25, -0.2) is 0 Å². The quantitative estimate of drug-likeness (QED) is 0.735. The molecule has 0 aliphatic rings. The molecule has 1 aromatic heterocycles. The van der Waals surface area contributed by atoms with Crippen LogP contribution in [-0.2, 0) is 0 Å². The fourth-order valence-corrected chi connectivity index (χ4v) is 0.811. The van der Waals surface area contributed by atoms with E-state index in [1.807, 2.05) is 0 Å². The SMILES string of the molecule is Cc1[nH]ccc(=O)c1OC(F)(F)F. The summed E-state index contributed by atoms with van der Waals surface area (Å²) in [5.41, 5.74) is -0.751. The molecule has 3 nitrogen and oxygen atoms in total. The van der Waals surface area contributed by atoms with E-state index in [1.54, 1.807) is 0 Å². The Morgan fingerprint density at radius 3 is 2.54 bits per heavy atom. The van der Waals surface area contributed by atoms with Gasteiger partial charge in [-0.05, 0) is 6.92 Å². The molecule has 0 aliphatic carbocycles. The molecule has 1 N–H and O–H groups in total. The Hall–Kier alpha value is -1.46. The summed E-state index contributed by atoms with van der Waals surface area (Å²) in [6.07, 6.45) is -3.58. The standard InChI is InChI=1S/C7H6F3NO2/c1-4-6(13-7(8,9)10)5(12)2-3-11-4/h2-3H,1H3,(H,11,12). The van der Waals surface area contributed by atoms with Crippen LogP contribution in [0.2, 0.25) is 0 Å². The van der Waals surface area contributed by atoms with Crippen molar-refractivity contribution in [3.8, 4) is 5.75 Å². The summed E-state index contributed by atoms with van der Waals surface area (Å²) < 4.78 is 38.7. The molecular formula is C7H6F3NO2. The zero-order valence-corrected chi connectivity index (χ0v) is 6.61. The summed E-state index contributed by atoms with van der Waals surface area (Å²) in [6, 6.07) is 0.966. The second-order valence-electron chi connectivity index (χ2n) is 2.34. The summed E-state index contributed by atoms with van der Waals surface area (Å²) >= 11 is 0. The number of halogens is 3. The summed E-state index contributed by atoms with van der Waals surface area (Å²) in [5, 5.41) is 0. The van der Waals surface area contributed by atoms with Gasteiger partial charge in [0.05, 0.1) is 5.69 Å². The lowest BCUT2D eigenvalue weighted by Crippen LogP contribution is -2.22. The van der Waals surface area contributed by atoms with Gasteiger partial charge in [-0.1, -0.05) is 0 Å². The number of nitrogens with one attached hydrogen (secondary N) is 1. The Balaban J connectivity index is 3.08. The van der Waals surface area contributed by atoms with Crippen LogP contribution in [0, 0.1) is 6.92 Å². The van der Waals surface area contributed by atoms with Crippen molar-refractivity contribution in [1.82, 2.24) is 4.98 Å². The van der Waals surface area contributed by atoms with E-state index in [1.165, 1.54) is 13.1 Å².